The van der Waals surface area contributed by atoms with Gasteiger partial charge in [-0.15, -0.1) is 0 Å². The van der Waals surface area contributed by atoms with Crippen LogP contribution in [-0.4, -0.2) is 18.0 Å². The van der Waals surface area contributed by atoms with Crippen LogP contribution in [0.5, 0.6) is 11.5 Å². The number of halogens is 1. The van der Waals surface area contributed by atoms with Crippen molar-refractivity contribution in [1.29, 1.82) is 5.26 Å². The summed E-state index contributed by atoms with van der Waals surface area (Å²) in [4.78, 5) is 11.8. The van der Waals surface area contributed by atoms with Crippen molar-refractivity contribution >= 4 is 27.8 Å². The molecule has 1 aromatic rings. The van der Waals surface area contributed by atoms with Gasteiger partial charge in [-0.1, -0.05) is 13.8 Å². The van der Waals surface area contributed by atoms with Crippen molar-refractivity contribution in [3.05, 3.63) is 27.7 Å². The van der Waals surface area contributed by atoms with Crippen LogP contribution in [0, 0.1) is 17.2 Å². The molecule has 5 heteroatoms. The summed E-state index contributed by atoms with van der Waals surface area (Å²) in [5, 5.41) is 18.7. The van der Waals surface area contributed by atoms with Crippen molar-refractivity contribution in [1.82, 2.24) is 0 Å². The van der Waals surface area contributed by atoms with E-state index in [0.717, 1.165) is 0 Å². The van der Waals surface area contributed by atoms with E-state index in [1.165, 1.54) is 13.2 Å². The molecule has 0 unspecified atom stereocenters. The van der Waals surface area contributed by atoms with Crippen molar-refractivity contribution in [2.24, 2.45) is 5.92 Å². The minimum atomic E-state index is -0.242. The molecule has 0 saturated carbocycles. The summed E-state index contributed by atoms with van der Waals surface area (Å²) in [6.45, 7) is 3.47. The molecule has 0 atom stereocenters. The van der Waals surface area contributed by atoms with E-state index in [1.807, 2.05) is 6.07 Å². The van der Waals surface area contributed by atoms with E-state index in [-0.39, 0.29) is 28.8 Å². The van der Waals surface area contributed by atoms with E-state index < -0.39 is 0 Å². The summed E-state index contributed by atoms with van der Waals surface area (Å²) < 4.78 is 5.45. The lowest BCUT2D eigenvalue weighted by molar-refractivity contribution is -0.117. The topological polar surface area (TPSA) is 70.3 Å². The summed E-state index contributed by atoms with van der Waals surface area (Å²) >= 11 is 3.19. The highest BCUT2D eigenvalue weighted by atomic mass is 79.9. The Labute approximate surface area is 120 Å². The molecule has 19 heavy (non-hydrogen) atoms. The number of phenolic OH excluding ortho intramolecular Hbond substituents is 1. The van der Waals surface area contributed by atoms with E-state index in [1.54, 1.807) is 26.0 Å². The number of allylic oxidation sites excluding steroid dienone is 1. The minimum absolute atomic E-state index is 0.0201. The van der Waals surface area contributed by atoms with Crippen LogP contribution in [0.1, 0.15) is 19.4 Å². The molecule has 0 heterocycles. The molecule has 1 N–H and O–H groups in total. The molecule has 0 aliphatic heterocycles. The number of carbonyl (C=O) groups excluding carboxylic acids is 1. The molecular formula is C14H14BrNO3. The Kier molecular flexibility index (Phi) is 5.13. The standard InChI is InChI=1S/C14H14BrNO3/c1-8(2)13(17)10(7-16)4-9-5-11(15)14(18)12(6-9)19-3/h4-6,8,18H,1-3H3/b10-4+. The van der Waals surface area contributed by atoms with Crippen LogP contribution in [0.15, 0.2) is 22.2 Å². The molecule has 0 spiro atoms. The zero-order chi connectivity index (χ0) is 14.6. The Morgan fingerprint density at radius 1 is 1.53 bits per heavy atom. The largest absolute Gasteiger partial charge is 0.503 e. The van der Waals surface area contributed by atoms with Crippen LogP contribution in [0.3, 0.4) is 0 Å². The lowest BCUT2D eigenvalue weighted by atomic mass is 10.00. The van der Waals surface area contributed by atoms with Crippen LogP contribution in [0.2, 0.25) is 0 Å². The van der Waals surface area contributed by atoms with Crippen LogP contribution in [0.4, 0.5) is 0 Å². The van der Waals surface area contributed by atoms with Gasteiger partial charge in [0.25, 0.3) is 0 Å². The maximum Gasteiger partial charge on any atom is 0.175 e. The molecule has 0 aromatic heterocycles. The second-order valence-corrected chi connectivity index (χ2v) is 5.10. The molecule has 0 bridgehead atoms. The number of benzene rings is 1. The molecule has 1 aromatic carbocycles. The van der Waals surface area contributed by atoms with E-state index in [2.05, 4.69) is 15.9 Å². The van der Waals surface area contributed by atoms with Crippen molar-refractivity contribution in [2.75, 3.05) is 7.11 Å². The fourth-order valence-corrected chi connectivity index (χ4v) is 1.93. The molecule has 0 aliphatic carbocycles. The number of methoxy groups -OCH3 is 1. The van der Waals surface area contributed by atoms with Crippen molar-refractivity contribution in [3.8, 4) is 17.6 Å². The van der Waals surface area contributed by atoms with Crippen molar-refractivity contribution < 1.29 is 14.6 Å². The Hall–Kier alpha value is -1.80. The van der Waals surface area contributed by atoms with Crippen molar-refractivity contribution in [3.63, 3.8) is 0 Å². The molecule has 4 nitrogen and oxygen atoms in total. The molecule has 0 fully saturated rings. The van der Waals surface area contributed by atoms with Gasteiger partial charge in [0.1, 0.15) is 6.07 Å². The van der Waals surface area contributed by atoms with Gasteiger partial charge in [-0.2, -0.15) is 5.26 Å². The predicted molar refractivity (Wildman–Crippen MR) is 75.8 cm³/mol. The molecule has 0 saturated heterocycles. The van der Waals surface area contributed by atoms with Crippen LogP contribution in [-0.2, 0) is 4.79 Å². The second-order valence-electron chi connectivity index (χ2n) is 4.24. The van der Waals surface area contributed by atoms with Gasteiger partial charge in [0.15, 0.2) is 17.3 Å². The lowest BCUT2D eigenvalue weighted by Crippen LogP contribution is -2.08. The summed E-state index contributed by atoms with van der Waals surface area (Å²) in [5.74, 6) is -0.206. The zero-order valence-corrected chi connectivity index (χ0v) is 12.5. The normalized spacial score (nSPS) is 11.3. The number of phenols is 1. The fraction of sp³-hybridized carbons (Fsp3) is 0.286. The van der Waals surface area contributed by atoms with Gasteiger partial charge in [0.2, 0.25) is 0 Å². The third-order valence-electron chi connectivity index (χ3n) is 2.49. The Balaban J connectivity index is 3.28. The highest BCUT2D eigenvalue weighted by molar-refractivity contribution is 9.10. The van der Waals surface area contributed by atoms with Gasteiger partial charge < -0.3 is 9.84 Å². The van der Waals surface area contributed by atoms with Gasteiger partial charge >= 0.3 is 0 Å². The summed E-state index contributed by atoms with van der Waals surface area (Å²) in [6, 6.07) is 5.07. The maximum absolute atomic E-state index is 11.8. The monoisotopic (exact) mass is 323 g/mol. The van der Waals surface area contributed by atoms with Gasteiger partial charge in [0.05, 0.1) is 17.2 Å². The number of aromatic hydroxyl groups is 1. The Morgan fingerprint density at radius 3 is 2.63 bits per heavy atom. The first-order valence-electron chi connectivity index (χ1n) is 5.63. The smallest absolute Gasteiger partial charge is 0.175 e. The number of carbonyl (C=O) groups is 1. The highest BCUT2D eigenvalue weighted by Crippen LogP contribution is 2.35. The van der Waals surface area contributed by atoms with E-state index in [9.17, 15) is 9.90 Å². The Morgan fingerprint density at radius 2 is 2.16 bits per heavy atom. The number of Topliss-reactive ketones (excluding diaryl/α,β-unsaturated/α-hetero) is 1. The first kappa shape index (κ1) is 15.3. The molecule has 1 rings (SSSR count). The van der Waals surface area contributed by atoms with E-state index in [0.29, 0.717) is 10.0 Å². The van der Waals surface area contributed by atoms with Crippen LogP contribution < -0.4 is 4.74 Å². The predicted octanol–water partition coefficient (Wildman–Crippen LogP) is 3.30. The number of ketones is 1. The molecule has 100 valence electrons. The second kappa shape index (κ2) is 6.39. The molecule has 0 amide bonds. The molecule has 0 radical (unpaired) electrons. The molecular weight excluding hydrogens is 310 g/mol. The van der Waals surface area contributed by atoms with Gasteiger partial charge in [-0.3, -0.25) is 4.79 Å². The van der Waals surface area contributed by atoms with Crippen LogP contribution >= 0.6 is 15.9 Å². The minimum Gasteiger partial charge on any atom is -0.503 e. The number of nitrogens with zero attached hydrogens (tertiary/aromatic N) is 1. The summed E-state index contributed by atoms with van der Waals surface area (Å²) in [7, 11) is 1.43. The number of nitriles is 1. The average Bonchev–Trinajstić information content (AvgIpc) is 2.38. The van der Waals surface area contributed by atoms with Gasteiger partial charge in [-0.05, 0) is 39.7 Å². The maximum atomic E-state index is 11.8. The Bertz CT molecular complexity index is 571. The number of hydrogen-bond donors (Lipinski definition) is 1. The first-order chi connectivity index (χ1) is 8.90. The number of ether oxygens (including phenoxy) is 1. The van der Waals surface area contributed by atoms with Gasteiger partial charge in [-0.25, -0.2) is 0 Å². The average molecular weight is 324 g/mol. The van der Waals surface area contributed by atoms with E-state index in [4.69, 9.17) is 10.00 Å². The first-order valence-corrected chi connectivity index (χ1v) is 6.42. The van der Waals surface area contributed by atoms with Gasteiger partial charge in [0, 0.05) is 5.92 Å². The van der Waals surface area contributed by atoms with Crippen LogP contribution in [0.25, 0.3) is 6.08 Å². The quantitative estimate of drug-likeness (QED) is 0.681. The number of hydrogen-bond acceptors (Lipinski definition) is 4. The summed E-state index contributed by atoms with van der Waals surface area (Å²) in [6.07, 6.45) is 1.48. The van der Waals surface area contributed by atoms with E-state index >= 15 is 0 Å². The highest BCUT2D eigenvalue weighted by Gasteiger charge is 2.14. The zero-order valence-electron chi connectivity index (χ0n) is 10.9. The summed E-state index contributed by atoms with van der Waals surface area (Å²) in [5.41, 5.74) is 0.682. The fourth-order valence-electron chi connectivity index (χ4n) is 1.47. The lowest BCUT2D eigenvalue weighted by Gasteiger charge is -2.07. The third kappa shape index (κ3) is 3.58. The number of rotatable bonds is 4. The SMILES string of the molecule is COc1cc(/C=C(\C#N)C(=O)C(C)C)cc(Br)c1O. The third-order valence-corrected chi connectivity index (χ3v) is 3.10. The van der Waals surface area contributed by atoms with Crippen molar-refractivity contribution in [2.45, 2.75) is 13.8 Å². The molecule has 0 aliphatic rings.